The van der Waals surface area contributed by atoms with Crippen molar-refractivity contribution in [3.8, 4) is 6.07 Å². The number of benzene rings is 1. The monoisotopic (exact) mass is 301 g/mol. The van der Waals surface area contributed by atoms with Gasteiger partial charge in [-0.25, -0.2) is 0 Å². The van der Waals surface area contributed by atoms with Crippen LogP contribution in [-0.4, -0.2) is 35.2 Å². The molecule has 1 N–H and O–H groups in total. The molecule has 4 nitrogen and oxygen atoms in total. The first-order chi connectivity index (χ1) is 10.3. The molecule has 2 heterocycles. The molecule has 3 rings (SSSR count). The minimum absolute atomic E-state index is 0.0975. The highest BCUT2D eigenvalue weighted by Gasteiger charge is 2.35. The molecular formula is C16H19N3OS. The fourth-order valence-corrected chi connectivity index (χ4v) is 4.22. The van der Waals surface area contributed by atoms with Gasteiger partial charge in [-0.3, -0.25) is 10.1 Å². The molecule has 0 bridgehead atoms. The third-order valence-electron chi connectivity index (χ3n) is 4.13. The maximum atomic E-state index is 12.6. The highest BCUT2D eigenvalue weighted by molar-refractivity contribution is 7.99. The van der Waals surface area contributed by atoms with Crippen LogP contribution in [0.1, 0.15) is 30.2 Å². The molecule has 1 aromatic rings. The van der Waals surface area contributed by atoms with Crippen molar-refractivity contribution in [1.82, 2.24) is 10.2 Å². The second-order valence-electron chi connectivity index (χ2n) is 5.49. The number of nitrogens with one attached hydrogen (secondary N) is 1. The molecule has 0 spiro atoms. The first kappa shape index (κ1) is 14.4. The van der Waals surface area contributed by atoms with E-state index in [9.17, 15) is 4.79 Å². The highest BCUT2D eigenvalue weighted by Crippen LogP contribution is 2.32. The van der Waals surface area contributed by atoms with Crippen molar-refractivity contribution in [2.45, 2.75) is 36.7 Å². The van der Waals surface area contributed by atoms with E-state index in [1.807, 2.05) is 30.0 Å². The lowest BCUT2D eigenvalue weighted by atomic mass is 10.1. The zero-order valence-electron chi connectivity index (χ0n) is 11.9. The first-order valence-corrected chi connectivity index (χ1v) is 8.47. The fraction of sp³-hybridized carbons (Fsp3) is 0.500. The number of hydrogen-bond donors (Lipinski definition) is 1. The Morgan fingerprint density at radius 3 is 2.90 bits per heavy atom. The van der Waals surface area contributed by atoms with Gasteiger partial charge in [0.05, 0.1) is 17.5 Å². The van der Waals surface area contributed by atoms with Gasteiger partial charge in [0.15, 0.2) is 0 Å². The minimum atomic E-state index is -0.232. The van der Waals surface area contributed by atoms with Crippen LogP contribution in [0.5, 0.6) is 0 Å². The molecule has 0 aliphatic carbocycles. The summed E-state index contributed by atoms with van der Waals surface area (Å²) in [4.78, 5) is 14.4. The molecular weight excluding hydrogens is 282 g/mol. The SMILES string of the molecule is N#C[C@@H]1CCCN1C(=O)[C@@H]1CCSC(c2ccccc2)N1. The number of likely N-dealkylation sites (tertiary alicyclic amines) is 1. The predicted octanol–water partition coefficient (Wildman–Crippen LogP) is 2.29. The van der Waals surface area contributed by atoms with Crippen molar-refractivity contribution in [2.75, 3.05) is 12.3 Å². The van der Waals surface area contributed by atoms with Gasteiger partial charge in [0.1, 0.15) is 6.04 Å². The first-order valence-electron chi connectivity index (χ1n) is 7.42. The largest absolute Gasteiger partial charge is 0.325 e. The Morgan fingerprint density at radius 1 is 1.33 bits per heavy atom. The van der Waals surface area contributed by atoms with E-state index in [0.717, 1.165) is 31.6 Å². The summed E-state index contributed by atoms with van der Waals surface area (Å²) in [5, 5.41) is 12.8. The Morgan fingerprint density at radius 2 is 2.14 bits per heavy atom. The molecule has 0 radical (unpaired) electrons. The van der Waals surface area contributed by atoms with Crippen LogP contribution in [-0.2, 0) is 4.79 Å². The fourth-order valence-electron chi connectivity index (χ4n) is 3.00. The summed E-state index contributed by atoms with van der Waals surface area (Å²) in [5.41, 5.74) is 1.21. The van der Waals surface area contributed by atoms with E-state index in [4.69, 9.17) is 5.26 Å². The summed E-state index contributed by atoms with van der Waals surface area (Å²) >= 11 is 1.84. The van der Waals surface area contributed by atoms with Gasteiger partial charge < -0.3 is 4.90 Å². The van der Waals surface area contributed by atoms with Gasteiger partial charge in [0.25, 0.3) is 0 Å². The molecule has 2 aliphatic rings. The summed E-state index contributed by atoms with van der Waals surface area (Å²) in [6.07, 6.45) is 2.58. The number of nitriles is 1. The lowest BCUT2D eigenvalue weighted by Crippen LogP contribution is -2.50. The lowest BCUT2D eigenvalue weighted by Gasteiger charge is -2.33. The molecule has 3 atom stereocenters. The molecule has 1 unspecified atom stereocenters. The number of hydrogen-bond acceptors (Lipinski definition) is 4. The van der Waals surface area contributed by atoms with Gasteiger partial charge in [-0.15, -0.1) is 11.8 Å². The molecule has 2 fully saturated rings. The van der Waals surface area contributed by atoms with Crippen LogP contribution in [0.2, 0.25) is 0 Å². The van der Waals surface area contributed by atoms with E-state index in [-0.39, 0.29) is 23.4 Å². The van der Waals surface area contributed by atoms with E-state index in [0.29, 0.717) is 0 Å². The highest BCUT2D eigenvalue weighted by atomic mass is 32.2. The second-order valence-corrected chi connectivity index (χ2v) is 6.70. The number of thioether (sulfide) groups is 1. The van der Waals surface area contributed by atoms with Crippen LogP contribution in [0.15, 0.2) is 30.3 Å². The zero-order valence-corrected chi connectivity index (χ0v) is 12.7. The van der Waals surface area contributed by atoms with E-state index in [2.05, 4.69) is 23.5 Å². The van der Waals surface area contributed by atoms with Crippen molar-refractivity contribution in [3.63, 3.8) is 0 Å². The van der Waals surface area contributed by atoms with E-state index in [1.54, 1.807) is 4.90 Å². The molecule has 2 aliphatic heterocycles. The maximum Gasteiger partial charge on any atom is 0.240 e. The van der Waals surface area contributed by atoms with E-state index >= 15 is 0 Å². The Balaban J connectivity index is 1.69. The van der Waals surface area contributed by atoms with Crippen molar-refractivity contribution < 1.29 is 4.79 Å². The molecule has 0 aromatic heterocycles. The number of nitrogens with zero attached hydrogens (tertiary/aromatic N) is 2. The average Bonchev–Trinajstić information content (AvgIpc) is 3.04. The molecule has 110 valence electrons. The van der Waals surface area contributed by atoms with Gasteiger partial charge in [0.2, 0.25) is 5.91 Å². The van der Waals surface area contributed by atoms with Crippen LogP contribution in [0.25, 0.3) is 0 Å². The van der Waals surface area contributed by atoms with Gasteiger partial charge in [-0.05, 0) is 30.6 Å². The van der Waals surface area contributed by atoms with Gasteiger partial charge >= 0.3 is 0 Å². The Kier molecular flexibility index (Phi) is 4.47. The van der Waals surface area contributed by atoms with Crippen LogP contribution in [0.3, 0.4) is 0 Å². The summed E-state index contributed by atoms with van der Waals surface area (Å²) in [6, 6.07) is 12.1. The predicted molar refractivity (Wildman–Crippen MR) is 83.5 cm³/mol. The summed E-state index contributed by atoms with van der Waals surface area (Å²) in [6.45, 7) is 0.721. The van der Waals surface area contributed by atoms with Crippen LogP contribution >= 0.6 is 11.8 Å². The smallest absolute Gasteiger partial charge is 0.240 e. The minimum Gasteiger partial charge on any atom is -0.325 e. The van der Waals surface area contributed by atoms with Crippen LogP contribution in [0.4, 0.5) is 0 Å². The second kappa shape index (κ2) is 6.50. The lowest BCUT2D eigenvalue weighted by molar-refractivity contribution is -0.133. The summed E-state index contributed by atoms with van der Waals surface area (Å²) < 4.78 is 0. The van der Waals surface area contributed by atoms with Crippen LogP contribution in [0, 0.1) is 11.3 Å². The molecule has 2 saturated heterocycles. The van der Waals surface area contributed by atoms with Crippen molar-refractivity contribution in [3.05, 3.63) is 35.9 Å². The number of rotatable bonds is 2. The Hall–Kier alpha value is -1.51. The molecule has 1 aromatic carbocycles. The Labute approximate surface area is 129 Å². The van der Waals surface area contributed by atoms with Gasteiger partial charge in [-0.1, -0.05) is 30.3 Å². The quantitative estimate of drug-likeness (QED) is 0.910. The molecule has 21 heavy (non-hydrogen) atoms. The van der Waals surface area contributed by atoms with Crippen molar-refractivity contribution in [2.24, 2.45) is 0 Å². The average molecular weight is 301 g/mol. The van der Waals surface area contributed by atoms with E-state index < -0.39 is 0 Å². The number of carbonyl (C=O) groups excluding carboxylic acids is 1. The van der Waals surface area contributed by atoms with Crippen molar-refractivity contribution in [1.29, 1.82) is 5.26 Å². The van der Waals surface area contributed by atoms with E-state index in [1.165, 1.54) is 5.56 Å². The standard InChI is InChI=1S/C16H19N3OS/c17-11-13-7-4-9-19(13)16(20)14-8-10-21-15(18-14)12-5-2-1-3-6-12/h1-3,5-6,13-15,18H,4,7-10H2/t13-,14-,15?/m0/s1. The molecule has 1 amide bonds. The third-order valence-corrected chi connectivity index (χ3v) is 5.34. The number of carbonyl (C=O) groups is 1. The number of amides is 1. The van der Waals surface area contributed by atoms with Crippen molar-refractivity contribution >= 4 is 17.7 Å². The van der Waals surface area contributed by atoms with Crippen LogP contribution < -0.4 is 5.32 Å². The topological polar surface area (TPSA) is 56.1 Å². The zero-order chi connectivity index (χ0) is 14.7. The molecule has 5 heteroatoms. The maximum absolute atomic E-state index is 12.6. The summed E-state index contributed by atoms with van der Waals surface area (Å²) in [5.74, 6) is 1.06. The normalized spacial score (nSPS) is 29.1. The van der Waals surface area contributed by atoms with Gasteiger partial charge in [-0.2, -0.15) is 5.26 Å². The third kappa shape index (κ3) is 3.07. The molecule has 0 saturated carbocycles. The summed E-state index contributed by atoms with van der Waals surface area (Å²) in [7, 11) is 0. The van der Waals surface area contributed by atoms with Gasteiger partial charge in [0, 0.05) is 6.54 Å². The Bertz CT molecular complexity index is 542.